The van der Waals surface area contributed by atoms with Crippen LogP contribution in [0.5, 0.6) is 0 Å². The molecule has 1 aliphatic rings. The van der Waals surface area contributed by atoms with Crippen LogP contribution in [-0.4, -0.2) is 24.5 Å². The van der Waals surface area contributed by atoms with Gasteiger partial charge in [0.2, 0.25) is 0 Å². The highest BCUT2D eigenvalue weighted by Gasteiger charge is 2.12. The van der Waals surface area contributed by atoms with Crippen molar-refractivity contribution in [1.82, 2.24) is 4.90 Å². The van der Waals surface area contributed by atoms with E-state index in [1.165, 1.54) is 37.1 Å². The zero-order chi connectivity index (χ0) is 14.3. The molecule has 21 heavy (non-hydrogen) atoms. The van der Waals surface area contributed by atoms with Gasteiger partial charge in [-0.15, -0.1) is 0 Å². The van der Waals surface area contributed by atoms with Crippen LogP contribution in [0.2, 0.25) is 0 Å². The minimum Gasteiger partial charge on any atom is -0.292 e. The molecule has 1 heterocycles. The number of likely N-dealkylation sites (tertiary alicyclic amines) is 1. The third kappa shape index (κ3) is 3.74. The first-order valence-electron chi connectivity index (χ1n) is 7.74. The van der Waals surface area contributed by atoms with Crippen molar-refractivity contribution in [3.63, 3.8) is 0 Å². The molecule has 0 spiro atoms. The minimum atomic E-state index is 0.176. The highest BCUT2D eigenvalue weighted by atomic mass is 15.1. The third-order valence-corrected chi connectivity index (χ3v) is 4.01. The largest absolute Gasteiger partial charge is 0.292 e. The van der Waals surface area contributed by atoms with Crippen LogP contribution < -0.4 is 0 Å². The molecular formula is C20H21N. The van der Waals surface area contributed by atoms with Crippen molar-refractivity contribution in [2.75, 3.05) is 19.6 Å². The molecule has 106 valence electrons. The molecule has 0 unspecified atom stereocenters. The predicted octanol–water partition coefficient (Wildman–Crippen LogP) is 3.92. The monoisotopic (exact) mass is 275 g/mol. The lowest BCUT2D eigenvalue weighted by atomic mass is 9.92. The highest BCUT2D eigenvalue weighted by Crippen LogP contribution is 2.23. The summed E-state index contributed by atoms with van der Waals surface area (Å²) in [6, 6.07) is 21.2. The smallest absolute Gasteiger partial charge is 0.0702 e. The summed E-state index contributed by atoms with van der Waals surface area (Å²) in [5.41, 5.74) is 2.55. The van der Waals surface area contributed by atoms with Crippen molar-refractivity contribution in [3.8, 4) is 11.8 Å². The van der Waals surface area contributed by atoms with E-state index in [-0.39, 0.29) is 5.92 Å². The molecule has 0 radical (unpaired) electrons. The van der Waals surface area contributed by atoms with Crippen LogP contribution in [0.3, 0.4) is 0 Å². The van der Waals surface area contributed by atoms with Crippen LogP contribution in [0.4, 0.5) is 0 Å². The van der Waals surface area contributed by atoms with E-state index < -0.39 is 0 Å². The Morgan fingerprint density at radius 2 is 1.33 bits per heavy atom. The Bertz CT molecular complexity index is 561. The molecule has 1 saturated heterocycles. The fourth-order valence-electron chi connectivity index (χ4n) is 2.85. The maximum absolute atomic E-state index is 3.49. The summed E-state index contributed by atoms with van der Waals surface area (Å²) in [5.74, 6) is 7.06. The van der Waals surface area contributed by atoms with Gasteiger partial charge in [-0.25, -0.2) is 0 Å². The van der Waals surface area contributed by atoms with Gasteiger partial charge in [-0.3, -0.25) is 4.90 Å². The van der Waals surface area contributed by atoms with E-state index in [4.69, 9.17) is 0 Å². The Balaban J connectivity index is 1.81. The molecule has 1 heteroatoms. The minimum absolute atomic E-state index is 0.176. The van der Waals surface area contributed by atoms with E-state index in [1.807, 2.05) is 0 Å². The van der Waals surface area contributed by atoms with E-state index in [2.05, 4.69) is 77.4 Å². The quantitative estimate of drug-likeness (QED) is 0.767. The number of hydrogen-bond donors (Lipinski definition) is 0. The molecule has 0 saturated carbocycles. The second-order valence-corrected chi connectivity index (χ2v) is 5.56. The molecule has 0 atom stereocenters. The first kappa shape index (κ1) is 13.9. The van der Waals surface area contributed by atoms with Gasteiger partial charge in [0, 0.05) is 0 Å². The topological polar surface area (TPSA) is 3.24 Å². The van der Waals surface area contributed by atoms with Crippen molar-refractivity contribution >= 4 is 0 Å². The average Bonchev–Trinajstić information content (AvgIpc) is 3.07. The number of hydrogen-bond acceptors (Lipinski definition) is 1. The second-order valence-electron chi connectivity index (χ2n) is 5.56. The first-order chi connectivity index (χ1) is 10.4. The standard InChI is InChI=1S/C20H21N/c1-3-10-18(11-4-1)20(19-12-5-2-6-13-19)14-9-17-21-15-7-8-16-21/h1-6,10-13,20H,7-8,15-17H2. The van der Waals surface area contributed by atoms with E-state index in [0.717, 1.165) is 6.54 Å². The van der Waals surface area contributed by atoms with E-state index in [1.54, 1.807) is 0 Å². The molecular weight excluding hydrogens is 254 g/mol. The highest BCUT2D eigenvalue weighted by molar-refractivity contribution is 5.40. The van der Waals surface area contributed by atoms with Crippen molar-refractivity contribution < 1.29 is 0 Å². The lowest BCUT2D eigenvalue weighted by Crippen LogP contribution is -2.19. The van der Waals surface area contributed by atoms with Crippen molar-refractivity contribution in [2.24, 2.45) is 0 Å². The lowest BCUT2D eigenvalue weighted by Gasteiger charge is -2.13. The molecule has 0 amide bonds. The van der Waals surface area contributed by atoms with Crippen molar-refractivity contribution in [2.45, 2.75) is 18.8 Å². The third-order valence-electron chi connectivity index (χ3n) is 4.01. The van der Waals surface area contributed by atoms with Gasteiger partial charge in [0.15, 0.2) is 0 Å². The lowest BCUT2D eigenvalue weighted by molar-refractivity contribution is 0.383. The van der Waals surface area contributed by atoms with Gasteiger partial charge >= 0.3 is 0 Å². The Morgan fingerprint density at radius 3 is 1.86 bits per heavy atom. The zero-order valence-electron chi connectivity index (χ0n) is 12.3. The number of benzene rings is 2. The van der Waals surface area contributed by atoms with Crippen LogP contribution >= 0.6 is 0 Å². The SMILES string of the molecule is C(#CC(c1ccccc1)c1ccccc1)CN1CCCC1. The van der Waals surface area contributed by atoms with Crippen LogP contribution in [-0.2, 0) is 0 Å². The van der Waals surface area contributed by atoms with Gasteiger partial charge in [-0.05, 0) is 37.1 Å². The second kappa shape index (κ2) is 7.11. The Hall–Kier alpha value is -2.04. The zero-order valence-corrected chi connectivity index (χ0v) is 12.3. The molecule has 0 aromatic heterocycles. The van der Waals surface area contributed by atoms with E-state index in [9.17, 15) is 0 Å². The van der Waals surface area contributed by atoms with Gasteiger partial charge in [0.1, 0.15) is 0 Å². The van der Waals surface area contributed by atoms with Crippen LogP contribution in [0.1, 0.15) is 29.9 Å². The molecule has 1 aliphatic heterocycles. The van der Waals surface area contributed by atoms with Gasteiger partial charge in [-0.2, -0.15) is 0 Å². The van der Waals surface area contributed by atoms with E-state index in [0.29, 0.717) is 0 Å². The summed E-state index contributed by atoms with van der Waals surface area (Å²) in [5, 5.41) is 0. The first-order valence-corrected chi connectivity index (χ1v) is 7.74. The maximum atomic E-state index is 3.49. The molecule has 0 bridgehead atoms. The maximum Gasteiger partial charge on any atom is 0.0702 e. The molecule has 1 fully saturated rings. The summed E-state index contributed by atoms with van der Waals surface area (Å²) < 4.78 is 0. The molecule has 0 N–H and O–H groups in total. The van der Waals surface area contributed by atoms with Crippen molar-refractivity contribution in [1.29, 1.82) is 0 Å². The Labute approximate surface area is 127 Å². The molecule has 1 nitrogen and oxygen atoms in total. The summed E-state index contributed by atoms with van der Waals surface area (Å²) >= 11 is 0. The molecule has 2 aromatic rings. The molecule has 2 aromatic carbocycles. The van der Waals surface area contributed by atoms with Gasteiger partial charge < -0.3 is 0 Å². The summed E-state index contributed by atoms with van der Waals surface area (Å²) in [7, 11) is 0. The number of rotatable bonds is 3. The predicted molar refractivity (Wildman–Crippen MR) is 88.2 cm³/mol. The van der Waals surface area contributed by atoms with Crippen molar-refractivity contribution in [3.05, 3.63) is 71.8 Å². The average molecular weight is 275 g/mol. The van der Waals surface area contributed by atoms with Gasteiger partial charge in [0.05, 0.1) is 12.5 Å². The Kier molecular flexibility index (Phi) is 4.71. The van der Waals surface area contributed by atoms with E-state index >= 15 is 0 Å². The molecule has 0 aliphatic carbocycles. The summed E-state index contributed by atoms with van der Waals surface area (Å²) in [6.45, 7) is 3.31. The van der Waals surface area contributed by atoms with Crippen LogP contribution in [0.25, 0.3) is 0 Å². The molecule has 3 rings (SSSR count). The fourth-order valence-corrected chi connectivity index (χ4v) is 2.85. The Morgan fingerprint density at radius 1 is 0.810 bits per heavy atom. The number of nitrogens with zero attached hydrogens (tertiary/aromatic N) is 1. The summed E-state index contributed by atoms with van der Waals surface area (Å²) in [6.07, 6.45) is 2.64. The van der Waals surface area contributed by atoms with Crippen LogP contribution in [0.15, 0.2) is 60.7 Å². The fraction of sp³-hybridized carbons (Fsp3) is 0.300. The normalized spacial score (nSPS) is 14.9. The summed E-state index contributed by atoms with van der Waals surface area (Å²) in [4.78, 5) is 2.44. The van der Waals surface area contributed by atoms with Gasteiger partial charge in [0.25, 0.3) is 0 Å². The van der Waals surface area contributed by atoms with Gasteiger partial charge in [-0.1, -0.05) is 72.5 Å². The van der Waals surface area contributed by atoms with Crippen LogP contribution in [0, 0.1) is 11.8 Å².